The lowest BCUT2D eigenvalue weighted by Gasteiger charge is -1.65. The van der Waals surface area contributed by atoms with E-state index in [1.165, 1.54) is 0 Å². The zero-order valence-corrected chi connectivity index (χ0v) is 6.99. The van der Waals surface area contributed by atoms with Crippen molar-refractivity contribution in [2.75, 3.05) is 0 Å². The van der Waals surface area contributed by atoms with Gasteiger partial charge in [0.15, 0.2) is 0 Å². The van der Waals surface area contributed by atoms with Gasteiger partial charge in [-0.1, -0.05) is 0 Å². The summed E-state index contributed by atoms with van der Waals surface area (Å²) in [5.74, 6) is 0. The fourth-order valence-electron chi connectivity index (χ4n) is 0. The fraction of sp³-hybridized carbons (Fsp3) is 0. The van der Waals surface area contributed by atoms with Crippen LogP contribution in [0.3, 0.4) is 0 Å². The molecule has 0 aromatic rings. The lowest BCUT2D eigenvalue weighted by atomic mass is 10.7. The van der Waals surface area contributed by atoms with Crippen molar-refractivity contribution in [1.82, 2.24) is 0 Å². The van der Waals surface area contributed by atoms with Gasteiger partial charge >= 0.3 is 1.70 Å². The predicted octanol–water partition coefficient (Wildman–Crippen LogP) is 1.77. The topological polar surface area (TPSA) is 0 Å². The first-order chi connectivity index (χ1) is 1.73. The molecule has 0 N–H and O–H groups in total. The monoisotopic (exact) mass is 298 g/mol. The molecule has 0 aromatic carbocycles. The van der Waals surface area contributed by atoms with Gasteiger partial charge in [0.2, 0.25) is 0 Å². The van der Waals surface area contributed by atoms with Crippen LogP contribution in [-0.4, -0.2) is 1.70 Å². The number of thiol groups is 1. The van der Waals surface area contributed by atoms with Gasteiger partial charge in [-0.15, -0.1) is 44.7 Å². The van der Waals surface area contributed by atoms with Gasteiger partial charge in [-0.25, -0.2) is 12.5 Å². The Morgan fingerprint density at radius 1 is 1.50 bits per heavy atom. The Labute approximate surface area is 58.2 Å². The standard InChI is InChI=1S/BHI2S/c2-1(3)4/h4H. The molecule has 0 nitrogen and oxygen atoms in total. The zero-order chi connectivity index (χ0) is 3.58. The van der Waals surface area contributed by atoms with Gasteiger partial charge in [0, 0.05) is 0 Å². The van der Waals surface area contributed by atoms with Crippen molar-refractivity contribution < 1.29 is 0 Å². The molecule has 0 bridgehead atoms. The molecule has 0 heterocycles. The first-order valence-corrected chi connectivity index (χ1v) is 3.70. The Morgan fingerprint density at radius 2 is 1.50 bits per heavy atom. The minimum atomic E-state index is 0.468. The van der Waals surface area contributed by atoms with Crippen molar-refractivity contribution in [1.29, 1.82) is 0 Å². The van der Waals surface area contributed by atoms with Crippen LogP contribution in [0.2, 0.25) is 0 Å². The second-order valence-corrected chi connectivity index (χ2v) is 7.64. The molecule has 24 valence electrons. The van der Waals surface area contributed by atoms with Gasteiger partial charge in [-0.2, -0.15) is 0 Å². The first kappa shape index (κ1) is 5.87. The second kappa shape index (κ2) is 3.08. The maximum atomic E-state index is 3.94. The molecule has 0 aliphatic carbocycles. The number of rotatable bonds is 0. The molecule has 0 saturated carbocycles. The smallest absolute Gasteiger partial charge is 0.203 e. The van der Waals surface area contributed by atoms with Crippen LogP contribution in [-0.2, 0) is 0 Å². The molecule has 0 fully saturated rings. The molecule has 4 heteroatoms. The van der Waals surface area contributed by atoms with E-state index in [4.69, 9.17) is 0 Å². The van der Waals surface area contributed by atoms with Crippen LogP contribution in [0.1, 0.15) is 0 Å². The highest BCUT2D eigenvalue weighted by molar-refractivity contribution is 14.3. The molecule has 0 spiro atoms. The summed E-state index contributed by atoms with van der Waals surface area (Å²) in [6, 6.07) is 0. The van der Waals surface area contributed by atoms with Crippen molar-refractivity contribution in [3.8, 4) is 0 Å². The molecule has 0 amide bonds. The highest BCUT2D eigenvalue weighted by Crippen LogP contribution is 2.05. The summed E-state index contributed by atoms with van der Waals surface area (Å²) in [6.45, 7) is 0. The maximum absolute atomic E-state index is 3.94. The molecule has 0 saturated heterocycles. The van der Waals surface area contributed by atoms with Gasteiger partial charge in [-0.05, 0) is 0 Å². The van der Waals surface area contributed by atoms with Gasteiger partial charge in [0.25, 0.3) is 0 Å². The highest BCUT2D eigenvalue weighted by atomic mass is 127. The molecule has 0 radical (unpaired) electrons. The van der Waals surface area contributed by atoms with E-state index in [0.29, 0.717) is 1.70 Å². The Balaban J connectivity index is 2.32. The Hall–Kier alpha value is 1.87. The lowest BCUT2D eigenvalue weighted by Crippen LogP contribution is -1.62. The SMILES string of the molecule is SB(I)I. The Kier molecular flexibility index (Phi) is 4.52. The summed E-state index contributed by atoms with van der Waals surface area (Å²) in [5.41, 5.74) is 0. The third kappa shape index (κ3) is 9.11. The van der Waals surface area contributed by atoms with E-state index in [1.807, 2.05) is 0 Å². The van der Waals surface area contributed by atoms with Crippen LogP contribution in [0.25, 0.3) is 0 Å². The van der Waals surface area contributed by atoms with Crippen LogP contribution in [0.5, 0.6) is 0 Å². The minimum Gasteiger partial charge on any atom is -0.203 e. The lowest BCUT2D eigenvalue weighted by molar-refractivity contribution is 5.12. The average Bonchev–Trinajstić information content (AvgIpc) is 0.811. The summed E-state index contributed by atoms with van der Waals surface area (Å²) in [7, 11) is 0. The molecule has 0 atom stereocenters. The van der Waals surface area contributed by atoms with E-state index < -0.39 is 0 Å². The molecular formula is HBI2S. The van der Waals surface area contributed by atoms with Crippen LogP contribution in [0, 0.1) is 0 Å². The quantitative estimate of drug-likeness (QED) is 0.393. The number of halogens is 2. The average molecular weight is 298 g/mol. The molecular weight excluding hydrogens is 297 g/mol. The van der Waals surface area contributed by atoms with Gasteiger partial charge in [-0.3, -0.25) is 0 Å². The van der Waals surface area contributed by atoms with Crippen molar-refractivity contribution in [3.63, 3.8) is 0 Å². The molecule has 0 aliphatic heterocycles. The largest absolute Gasteiger partial charge is 0.347 e. The van der Waals surface area contributed by atoms with Crippen molar-refractivity contribution >= 4 is 58.9 Å². The molecule has 4 heavy (non-hydrogen) atoms. The fourth-order valence-corrected chi connectivity index (χ4v) is 0. The minimum absolute atomic E-state index is 0.468. The summed E-state index contributed by atoms with van der Waals surface area (Å²) in [5, 5.41) is 0. The number of hydrogen-bond acceptors (Lipinski definition) is 1. The van der Waals surface area contributed by atoms with E-state index in [0.717, 1.165) is 0 Å². The molecule has 0 aliphatic rings. The summed E-state index contributed by atoms with van der Waals surface area (Å²) in [6.07, 6.45) is 0. The van der Waals surface area contributed by atoms with Crippen LogP contribution >= 0.6 is 57.2 Å². The second-order valence-electron chi connectivity index (χ2n) is 0.278. The van der Waals surface area contributed by atoms with Crippen molar-refractivity contribution in [3.05, 3.63) is 0 Å². The Morgan fingerprint density at radius 3 is 1.50 bits per heavy atom. The van der Waals surface area contributed by atoms with E-state index in [-0.39, 0.29) is 0 Å². The van der Waals surface area contributed by atoms with Crippen LogP contribution in [0.15, 0.2) is 0 Å². The first-order valence-electron chi connectivity index (χ1n) is 0.695. The van der Waals surface area contributed by atoms with E-state index in [9.17, 15) is 0 Å². The van der Waals surface area contributed by atoms with Crippen molar-refractivity contribution in [2.45, 2.75) is 0 Å². The summed E-state index contributed by atoms with van der Waals surface area (Å²) < 4.78 is 0.468. The highest BCUT2D eigenvalue weighted by Gasteiger charge is 1.85. The predicted molar refractivity (Wildman–Crippen MR) is 42.8 cm³/mol. The number of hydrogen-bond donors (Lipinski definition) is 1. The molecule has 0 aromatic heterocycles. The normalized spacial score (nSPS) is 6.75. The third-order valence-electron chi connectivity index (χ3n) is 0. The summed E-state index contributed by atoms with van der Waals surface area (Å²) >= 11 is 8.33. The Bertz CT molecular complexity index is 10.8. The third-order valence-corrected chi connectivity index (χ3v) is 0. The van der Waals surface area contributed by atoms with Gasteiger partial charge in [0.05, 0.1) is 0 Å². The van der Waals surface area contributed by atoms with Crippen LogP contribution in [0.4, 0.5) is 0 Å². The molecule has 0 rings (SSSR count). The molecule has 0 unspecified atom stereocenters. The van der Waals surface area contributed by atoms with Gasteiger partial charge in [0.1, 0.15) is 0 Å². The van der Waals surface area contributed by atoms with E-state index in [1.54, 1.807) is 0 Å². The van der Waals surface area contributed by atoms with Crippen molar-refractivity contribution in [2.24, 2.45) is 0 Å². The van der Waals surface area contributed by atoms with E-state index in [2.05, 4.69) is 57.2 Å². The van der Waals surface area contributed by atoms with E-state index >= 15 is 0 Å². The zero-order valence-electron chi connectivity index (χ0n) is 1.78. The summed E-state index contributed by atoms with van der Waals surface area (Å²) in [4.78, 5) is 0. The van der Waals surface area contributed by atoms with Crippen LogP contribution < -0.4 is 0 Å². The van der Waals surface area contributed by atoms with Gasteiger partial charge < -0.3 is 0 Å². The maximum Gasteiger partial charge on any atom is 0.347 e.